The first kappa shape index (κ1) is 14.1. The van der Waals surface area contributed by atoms with E-state index in [1.807, 2.05) is 19.9 Å². The number of halogens is 2. The molecule has 6 heteroatoms. The zero-order valence-corrected chi connectivity index (χ0v) is 13.9. The summed E-state index contributed by atoms with van der Waals surface area (Å²) in [4.78, 5) is 9.86. The predicted octanol–water partition coefficient (Wildman–Crippen LogP) is 3.96. The fourth-order valence-electron chi connectivity index (χ4n) is 1.56. The number of thiazole rings is 1. The van der Waals surface area contributed by atoms with Crippen molar-refractivity contribution in [3.8, 4) is 0 Å². The van der Waals surface area contributed by atoms with E-state index >= 15 is 0 Å². The van der Waals surface area contributed by atoms with Crippen molar-refractivity contribution in [2.45, 2.75) is 26.4 Å². The van der Waals surface area contributed by atoms with Crippen LogP contribution in [0.25, 0.3) is 0 Å². The number of rotatable bonds is 3. The largest absolute Gasteiger partial charge is 0.386 e. The molecule has 0 aliphatic rings. The quantitative estimate of drug-likeness (QED) is 0.861. The molecule has 0 saturated heterocycles. The predicted molar refractivity (Wildman–Crippen MR) is 79.9 cm³/mol. The molecule has 0 bridgehead atoms. The highest BCUT2D eigenvalue weighted by Crippen LogP contribution is 2.28. The van der Waals surface area contributed by atoms with Crippen LogP contribution < -0.4 is 0 Å². The number of aliphatic hydroxyl groups is 1. The summed E-state index contributed by atoms with van der Waals surface area (Å²) < 4.78 is 1.68. The van der Waals surface area contributed by atoms with E-state index in [0.29, 0.717) is 12.1 Å². The second kappa shape index (κ2) is 5.77. The Kier molecular flexibility index (Phi) is 4.53. The van der Waals surface area contributed by atoms with E-state index in [0.717, 1.165) is 19.6 Å². The summed E-state index contributed by atoms with van der Waals surface area (Å²) >= 11 is 8.37. The molecular formula is C12H12Br2N2OS. The lowest BCUT2D eigenvalue weighted by Crippen LogP contribution is -2.05. The SMILES string of the molecule is Cc1nc(CC(O)c2ncc(Br)cc2Br)sc1C. The van der Waals surface area contributed by atoms with Crippen molar-refractivity contribution in [1.29, 1.82) is 0 Å². The van der Waals surface area contributed by atoms with Crippen LogP contribution in [0.1, 0.15) is 27.4 Å². The molecule has 0 aliphatic carbocycles. The van der Waals surface area contributed by atoms with E-state index in [9.17, 15) is 5.11 Å². The van der Waals surface area contributed by atoms with Gasteiger partial charge in [0, 0.05) is 26.4 Å². The van der Waals surface area contributed by atoms with Gasteiger partial charge in [-0.05, 0) is 51.8 Å². The van der Waals surface area contributed by atoms with Gasteiger partial charge in [0.2, 0.25) is 0 Å². The van der Waals surface area contributed by atoms with Crippen LogP contribution in [0.15, 0.2) is 21.2 Å². The third-order valence-electron chi connectivity index (χ3n) is 2.59. The third-order valence-corrected chi connectivity index (χ3v) is 4.76. The minimum atomic E-state index is -0.641. The van der Waals surface area contributed by atoms with E-state index in [4.69, 9.17) is 0 Å². The monoisotopic (exact) mass is 390 g/mol. The number of aliphatic hydroxyl groups excluding tert-OH is 1. The molecule has 0 spiro atoms. The molecule has 1 atom stereocenters. The van der Waals surface area contributed by atoms with Gasteiger partial charge < -0.3 is 5.11 Å². The molecule has 0 fully saturated rings. The van der Waals surface area contributed by atoms with Gasteiger partial charge in [-0.15, -0.1) is 11.3 Å². The van der Waals surface area contributed by atoms with Crippen LogP contribution in [0, 0.1) is 13.8 Å². The summed E-state index contributed by atoms with van der Waals surface area (Å²) in [5.74, 6) is 0. The van der Waals surface area contributed by atoms with Gasteiger partial charge in [0.25, 0.3) is 0 Å². The molecule has 0 radical (unpaired) electrons. The average Bonchev–Trinajstić information content (AvgIpc) is 2.57. The third kappa shape index (κ3) is 3.17. The summed E-state index contributed by atoms with van der Waals surface area (Å²) in [6.07, 6.45) is 1.53. The van der Waals surface area contributed by atoms with Crippen LogP contribution in [0.3, 0.4) is 0 Å². The maximum absolute atomic E-state index is 10.2. The minimum Gasteiger partial charge on any atom is -0.386 e. The standard InChI is InChI=1S/C12H12Br2N2OS/c1-6-7(2)18-11(16-6)4-10(17)12-9(14)3-8(13)5-15-12/h3,5,10,17H,4H2,1-2H3. The Labute approximate surface area is 127 Å². The van der Waals surface area contributed by atoms with Crippen molar-refractivity contribution in [3.63, 3.8) is 0 Å². The molecule has 0 saturated carbocycles. The molecule has 1 N–H and O–H groups in total. The lowest BCUT2D eigenvalue weighted by molar-refractivity contribution is 0.172. The van der Waals surface area contributed by atoms with Crippen LogP contribution in [0.4, 0.5) is 0 Å². The molecule has 96 valence electrons. The van der Waals surface area contributed by atoms with Crippen LogP contribution in [-0.4, -0.2) is 15.1 Å². The summed E-state index contributed by atoms with van der Waals surface area (Å²) in [7, 11) is 0. The number of hydrogen-bond acceptors (Lipinski definition) is 4. The van der Waals surface area contributed by atoms with Crippen molar-refractivity contribution >= 4 is 43.2 Å². The number of pyridine rings is 1. The minimum absolute atomic E-state index is 0.493. The Morgan fingerprint density at radius 3 is 2.67 bits per heavy atom. The number of nitrogens with zero attached hydrogens (tertiary/aromatic N) is 2. The molecule has 0 amide bonds. The summed E-state index contributed by atoms with van der Waals surface area (Å²) in [6.45, 7) is 4.02. The normalized spacial score (nSPS) is 12.7. The molecule has 0 aromatic carbocycles. The van der Waals surface area contributed by atoms with Gasteiger partial charge in [-0.25, -0.2) is 4.98 Å². The van der Waals surface area contributed by atoms with Crippen molar-refractivity contribution < 1.29 is 5.11 Å². The Hall–Kier alpha value is -0.300. The smallest absolute Gasteiger partial charge is 0.103 e. The molecule has 2 aromatic rings. The van der Waals surface area contributed by atoms with Crippen molar-refractivity contribution in [3.05, 3.63) is 42.5 Å². The number of aromatic nitrogens is 2. The first-order chi connectivity index (χ1) is 8.47. The zero-order valence-electron chi connectivity index (χ0n) is 9.94. The number of hydrogen-bond donors (Lipinski definition) is 1. The number of aryl methyl sites for hydroxylation is 2. The van der Waals surface area contributed by atoms with E-state index in [1.54, 1.807) is 17.5 Å². The molecule has 2 heterocycles. The van der Waals surface area contributed by atoms with E-state index in [2.05, 4.69) is 41.8 Å². The van der Waals surface area contributed by atoms with E-state index in [1.165, 1.54) is 4.88 Å². The molecular weight excluding hydrogens is 380 g/mol. The molecule has 0 aliphatic heterocycles. The van der Waals surface area contributed by atoms with Crippen LogP contribution in [0.5, 0.6) is 0 Å². The van der Waals surface area contributed by atoms with Crippen LogP contribution >= 0.6 is 43.2 Å². The first-order valence-corrected chi connectivity index (χ1v) is 7.79. The Balaban J connectivity index is 2.19. The van der Waals surface area contributed by atoms with Crippen LogP contribution in [0.2, 0.25) is 0 Å². The summed E-state index contributed by atoms with van der Waals surface area (Å²) in [5, 5.41) is 11.1. The zero-order chi connectivity index (χ0) is 13.3. The van der Waals surface area contributed by atoms with Gasteiger partial charge in [-0.3, -0.25) is 4.98 Å². The molecule has 3 nitrogen and oxygen atoms in total. The first-order valence-electron chi connectivity index (χ1n) is 5.39. The van der Waals surface area contributed by atoms with Gasteiger partial charge in [-0.1, -0.05) is 0 Å². The molecule has 2 aromatic heterocycles. The Morgan fingerprint density at radius 2 is 2.11 bits per heavy atom. The summed E-state index contributed by atoms with van der Waals surface area (Å²) in [5.41, 5.74) is 1.67. The van der Waals surface area contributed by atoms with Gasteiger partial charge in [0.1, 0.15) is 6.10 Å². The summed E-state index contributed by atoms with van der Waals surface area (Å²) in [6, 6.07) is 1.88. The van der Waals surface area contributed by atoms with Crippen molar-refractivity contribution in [2.75, 3.05) is 0 Å². The van der Waals surface area contributed by atoms with Gasteiger partial charge >= 0.3 is 0 Å². The average molecular weight is 392 g/mol. The topological polar surface area (TPSA) is 46.0 Å². The fourth-order valence-corrected chi connectivity index (χ4v) is 3.78. The van der Waals surface area contributed by atoms with Crippen molar-refractivity contribution in [1.82, 2.24) is 9.97 Å². The van der Waals surface area contributed by atoms with E-state index < -0.39 is 6.10 Å². The highest BCUT2D eigenvalue weighted by molar-refractivity contribution is 9.11. The van der Waals surface area contributed by atoms with Gasteiger partial charge in [0.15, 0.2) is 0 Å². The maximum Gasteiger partial charge on any atom is 0.103 e. The lowest BCUT2D eigenvalue weighted by Gasteiger charge is -2.10. The van der Waals surface area contributed by atoms with Gasteiger partial charge in [0.05, 0.1) is 16.4 Å². The molecule has 1 unspecified atom stereocenters. The lowest BCUT2D eigenvalue weighted by atomic mass is 10.2. The van der Waals surface area contributed by atoms with Gasteiger partial charge in [-0.2, -0.15) is 0 Å². The fraction of sp³-hybridized carbons (Fsp3) is 0.333. The Morgan fingerprint density at radius 1 is 1.39 bits per heavy atom. The second-order valence-electron chi connectivity index (χ2n) is 3.99. The van der Waals surface area contributed by atoms with Crippen LogP contribution in [-0.2, 0) is 6.42 Å². The van der Waals surface area contributed by atoms with Crippen molar-refractivity contribution in [2.24, 2.45) is 0 Å². The highest BCUT2D eigenvalue weighted by Gasteiger charge is 2.16. The van der Waals surface area contributed by atoms with E-state index in [-0.39, 0.29) is 0 Å². The molecule has 2 rings (SSSR count). The second-order valence-corrected chi connectivity index (χ2v) is 7.05. The molecule has 18 heavy (non-hydrogen) atoms. The highest BCUT2D eigenvalue weighted by atomic mass is 79.9. The Bertz CT molecular complexity index is 552. The maximum atomic E-state index is 10.2.